The summed E-state index contributed by atoms with van der Waals surface area (Å²) in [6.07, 6.45) is 1.86. The molecule has 1 N–H and O–H groups in total. The van der Waals surface area contributed by atoms with Crippen molar-refractivity contribution >= 4 is 43.2 Å². The van der Waals surface area contributed by atoms with Crippen molar-refractivity contribution in [2.45, 2.75) is 33.6 Å². The topological polar surface area (TPSA) is 66.5 Å². The molecule has 0 atom stereocenters. The normalized spacial score (nSPS) is 11.3. The van der Waals surface area contributed by atoms with Crippen molar-refractivity contribution in [2.24, 2.45) is 0 Å². The summed E-state index contributed by atoms with van der Waals surface area (Å²) in [5.74, 6) is -0.134. The minimum atomic E-state index is -3.42. The summed E-state index contributed by atoms with van der Waals surface area (Å²) in [7, 11) is -3.42. The van der Waals surface area contributed by atoms with Gasteiger partial charge in [0.15, 0.2) is 0 Å². The predicted molar refractivity (Wildman–Crippen MR) is 115 cm³/mol. The zero-order chi connectivity index (χ0) is 20.2. The van der Waals surface area contributed by atoms with Crippen molar-refractivity contribution in [1.82, 2.24) is 0 Å². The second-order valence-electron chi connectivity index (χ2n) is 6.80. The van der Waals surface area contributed by atoms with E-state index in [2.05, 4.69) is 21.2 Å². The first kappa shape index (κ1) is 21.4. The maximum absolute atomic E-state index is 12.2. The number of hydrogen-bond donors (Lipinski definition) is 1. The molecule has 1 amide bonds. The lowest BCUT2D eigenvalue weighted by molar-refractivity contribution is -0.116. The zero-order valence-electron chi connectivity index (χ0n) is 16.0. The summed E-state index contributed by atoms with van der Waals surface area (Å²) in [6, 6.07) is 11.3. The Balaban J connectivity index is 2.01. The molecular weight excluding hydrogens is 428 g/mol. The van der Waals surface area contributed by atoms with Crippen molar-refractivity contribution in [3.8, 4) is 0 Å². The number of hydrogen-bond acceptors (Lipinski definition) is 3. The fraction of sp³-hybridized carbons (Fsp3) is 0.350. The highest BCUT2D eigenvalue weighted by atomic mass is 79.9. The fourth-order valence-electron chi connectivity index (χ4n) is 2.91. The minimum Gasteiger partial charge on any atom is -0.326 e. The van der Waals surface area contributed by atoms with Gasteiger partial charge in [0.05, 0.1) is 11.9 Å². The van der Waals surface area contributed by atoms with Crippen LogP contribution in [0.1, 0.15) is 29.5 Å². The highest BCUT2D eigenvalue weighted by Crippen LogP contribution is 2.22. The summed E-state index contributed by atoms with van der Waals surface area (Å²) >= 11 is 3.43. The number of sulfonamides is 1. The molecule has 146 valence electrons. The van der Waals surface area contributed by atoms with Crippen molar-refractivity contribution in [2.75, 3.05) is 22.4 Å². The van der Waals surface area contributed by atoms with Crippen molar-refractivity contribution < 1.29 is 13.2 Å². The first-order valence-corrected chi connectivity index (χ1v) is 11.3. The summed E-state index contributed by atoms with van der Waals surface area (Å²) in [5.41, 5.74) is 4.41. The van der Waals surface area contributed by atoms with Gasteiger partial charge in [0, 0.05) is 23.1 Å². The highest BCUT2D eigenvalue weighted by molar-refractivity contribution is 9.10. The molecule has 0 aromatic heterocycles. The number of nitrogens with zero attached hydrogens (tertiary/aromatic N) is 1. The van der Waals surface area contributed by atoms with Crippen LogP contribution in [0.3, 0.4) is 0 Å². The van der Waals surface area contributed by atoms with E-state index in [-0.39, 0.29) is 18.9 Å². The van der Waals surface area contributed by atoms with E-state index < -0.39 is 10.0 Å². The van der Waals surface area contributed by atoms with Gasteiger partial charge >= 0.3 is 0 Å². The molecule has 0 aliphatic carbocycles. The minimum absolute atomic E-state index is 0.134. The van der Waals surface area contributed by atoms with Gasteiger partial charge in [0.2, 0.25) is 15.9 Å². The highest BCUT2D eigenvalue weighted by Gasteiger charge is 2.18. The third kappa shape index (κ3) is 6.36. The van der Waals surface area contributed by atoms with Crippen LogP contribution in [0.25, 0.3) is 0 Å². The molecule has 2 aromatic rings. The first-order chi connectivity index (χ1) is 12.6. The van der Waals surface area contributed by atoms with Gasteiger partial charge < -0.3 is 5.32 Å². The molecule has 0 saturated carbocycles. The van der Waals surface area contributed by atoms with Crippen LogP contribution >= 0.6 is 15.9 Å². The number of anilines is 2. The molecule has 27 heavy (non-hydrogen) atoms. The number of benzene rings is 2. The fourth-order valence-corrected chi connectivity index (χ4v) is 4.11. The second kappa shape index (κ2) is 8.89. The van der Waals surface area contributed by atoms with E-state index in [1.807, 2.05) is 57.2 Å². The zero-order valence-corrected chi connectivity index (χ0v) is 18.4. The number of amides is 1. The smallest absolute Gasteiger partial charge is 0.232 e. The van der Waals surface area contributed by atoms with Gasteiger partial charge in [-0.25, -0.2) is 8.42 Å². The molecule has 0 fully saturated rings. The quantitative estimate of drug-likeness (QED) is 0.669. The van der Waals surface area contributed by atoms with Gasteiger partial charge in [0.25, 0.3) is 0 Å². The van der Waals surface area contributed by atoms with E-state index >= 15 is 0 Å². The van der Waals surface area contributed by atoms with Gasteiger partial charge in [-0.05, 0) is 74.2 Å². The average molecular weight is 453 g/mol. The number of nitrogens with one attached hydrogen (secondary N) is 1. The largest absolute Gasteiger partial charge is 0.326 e. The van der Waals surface area contributed by atoms with E-state index in [1.54, 1.807) is 0 Å². The summed E-state index contributed by atoms with van der Waals surface area (Å²) in [6.45, 7) is 6.08. The number of carbonyl (C=O) groups is 1. The summed E-state index contributed by atoms with van der Waals surface area (Å²) in [4.78, 5) is 12.2. The number of carbonyl (C=O) groups excluding carboxylic acids is 1. The lowest BCUT2D eigenvalue weighted by Gasteiger charge is -2.23. The predicted octanol–water partition coefficient (Wildman–Crippen LogP) is 4.56. The van der Waals surface area contributed by atoms with Crippen LogP contribution in [-0.4, -0.2) is 27.1 Å². The van der Waals surface area contributed by atoms with Gasteiger partial charge in [-0.1, -0.05) is 22.0 Å². The van der Waals surface area contributed by atoms with E-state index in [9.17, 15) is 13.2 Å². The Morgan fingerprint density at radius 2 is 1.70 bits per heavy atom. The molecule has 2 rings (SSSR count). The molecule has 0 saturated heterocycles. The van der Waals surface area contributed by atoms with Crippen LogP contribution in [0, 0.1) is 20.8 Å². The van der Waals surface area contributed by atoms with Crippen LogP contribution in [0.4, 0.5) is 11.4 Å². The van der Waals surface area contributed by atoms with Gasteiger partial charge in [-0.15, -0.1) is 0 Å². The molecule has 0 bridgehead atoms. The van der Waals surface area contributed by atoms with Gasteiger partial charge in [0.1, 0.15) is 0 Å². The van der Waals surface area contributed by atoms with Crippen LogP contribution in [0.2, 0.25) is 0 Å². The van der Waals surface area contributed by atoms with Gasteiger partial charge in [-0.3, -0.25) is 9.10 Å². The summed E-state index contributed by atoms with van der Waals surface area (Å²) < 4.78 is 26.8. The number of halogens is 1. The Morgan fingerprint density at radius 1 is 1.07 bits per heavy atom. The van der Waals surface area contributed by atoms with Crippen LogP contribution in [-0.2, 0) is 14.8 Å². The maximum atomic E-state index is 12.2. The molecule has 0 aliphatic heterocycles. The Kier molecular flexibility index (Phi) is 7.06. The molecule has 2 aromatic carbocycles. The van der Waals surface area contributed by atoms with Crippen LogP contribution in [0.15, 0.2) is 40.9 Å². The monoisotopic (exact) mass is 452 g/mol. The molecule has 0 heterocycles. The van der Waals surface area contributed by atoms with Crippen molar-refractivity contribution in [1.29, 1.82) is 0 Å². The first-order valence-electron chi connectivity index (χ1n) is 8.68. The molecule has 0 radical (unpaired) electrons. The molecule has 7 heteroatoms. The van der Waals surface area contributed by atoms with Crippen molar-refractivity contribution in [3.05, 3.63) is 57.6 Å². The van der Waals surface area contributed by atoms with E-state index in [1.165, 1.54) is 10.6 Å². The van der Waals surface area contributed by atoms with E-state index in [0.717, 1.165) is 26.9 Å². The lowest BCUT2D eigenvalue weighted by atomic mass is 10.1. The van der Waals surface area contributed by atoms with Crippen molar-refractivity contribution in [3.63, 3.8) is 0 Å². The Hall–Kier alpha value is -1.86. The van der Waals surface area contributed by atoms with Gasteiger partial charge in [-0.2, -0.15) is 0 Å². The standard InChI is InChI=1S/C20H25BrN2O3S/c1-14-10-15(2)12-18(11-14)23(27(4,25)26)9-5-6-20(24)22-17-7-8-19(21)16(3)13-17/h7-8,10-13H,5-6,9H2,1-4H3,(H,22,24). The lowest BCUT2D eigenvalue weighted by Crippen LogP contribution is -2.31. The molecule has 0 spiro atoms. The SMILES string of the molecule is Cc1cc(C)cc(N(CCCC(=O)Nc2ccc(Br)c(C)c2)S(C)(=O)=O)c1. The molecule has 0 unspecified atom stereocenters. The maximum Gasteiger partial charge on any atom is 0.232 e. The Bertz CT molecular complexity index is 922. The number of rotatable bonds is 7. The Labute approximate surface area is 170 Å². The van der Waals surface area contributed by atoms with Crippen LogP contribution < -0.4 is 9.62 Å². The van der Waals surface area contributed by atoms with E-state index in [0.29, 0.717) is 12.1 Å². The third-order valence-electron chi connectivity index (χ3n) is 4.10. The Morgan fingerprint density at radius 3 is 2.26 bits per heavy atom. The van der Waals surface area contributed by atoms with Crippen LogP contribution in [0.5, 0.6) is 0 Å². The third-order valence-corrected chi connectivity index (χ3v) is 6.19. The van der Waals surface area contributed by atoms with E-state index in [4.69, 9.17) is 0 Å². The number of aryl methyl sites for hydroxylation is 3. The summed E-state index contributed by atoms with van der Waals surface area (Å²) in [5, 5.41) is 2.85. The molecule has 0 aliphatic rings. The molecular formula is C20H25BrN2O3S. The molecule has 5 nitrogen and oxygen atoms in total. The second-order valence-corrected chi connectivity index (χ2v) is 9.56. The average Bonchev–Trinajstić information content (AvgIpc) is 2.53.